The number of carbonyl (C=O) groups is 2. The fourth-order valence-corrected chi connectivity index (χ4v) is 2.28. The predicted molar refractivity (Wildman–Crippen MR) is 72.6 cm³/mol. The lowest BCUT2D eigenvalue weighted by Crippen LogP contribution is -2.42. The third kappa shape index (κ3) is 4.01. The van der Waals surface area contributed by atoms with Gasteiger partial charge in [-0.3, -0.25) is 4.79 Å². The maximum Gasteiger partial charge on any atom is 0.326 e. The molecule has 0 spiro atoms. The van der Waals surface area contributed by atoms with Crippen molar-refractivity contribution in [2.75, 3.05) is 6.54 Å². The molecule has 1 amide bonds. The van der Waals surface area contributed by atoms with Crippen molar-refractivity contribution in [1.82, 2.24) is 20.8 Å². The van der Waals surface area contributed by atoms with Crippen molar-refractivity contribution in [3.05, 3.63) is 11.7 Å². The lowest BCUT2D eigenvalue weighted by Gasteiger charge is -2.15. The minimum absolute atomic E-state index is 0.0232. The lowest BCUT2D eigenvalue weighted by atomic mass is 10.0. The first kappa shape index (κ1) is 15.4. The average molecular weight is 296 g/mol. The number of carboxylic acid groups (broad SMARTS) is 1. The fourth-order valence-electron chi connectivity index (χ4n) is 2.28. The molecule has 1 aromatic rings. The number of aliphatic carboxylic acids is 1. The number of rotatable bonds is 6. The first-order chi connectivity index (χ1) is 9.97. The summed E-state index contributed by atoms with van der Waals surface area (Å²) in [5, 5.41) is 18.3. The van der Waals surface area contributed by atoms with Crippen molar-refractivity contribution < 1.29 is 19.2 Å². The molecule has 0 aromatic carbocycles. The minimum Gasteiger partial charge on any atom is -0.480 e. The molecule has 1 aliphatic heterocycles. The van der Waals surface area contributed by atoms with Gasteiger partial charge < -0.3 is 20.3 Å². The zero-order valence-electron chi connectivity index (χ0n) is 12.1. The van der Waals surface area contributed by atoms with Gasteiger partial charge in [-0.25, -0.2) is 4.79 Å². The molecule has 2 rings (SSSR count). The maximum atomic E-state index is 12.0. The van der Waals surface area contributed by atoms with E-state index < -0.39 is 17.9 Å². The predicted octanol–water partition coefficient (Wildman–Crippen LogP) is 0.723. The zero-order chi connectivity index (χ0) is 15.4. The van der Waals surface area contributed by atoms with Crippen molar-refractivity contribution in [3.63, 3.8) is 0 Å². The van der Waals surface area contributed by atoms with Gasteiger partial charge in [0.15, 0.2) is 0 Å². The van der Waals surface area contributed by atoms with E-state index in [-0.39, 0.29) is 17.8 Å². The molecule has 1 unspecified atom stereocenters. The van der Waals surface area contributed by atoms with E-state index in [4.69, 9.17) is 9.63 Å². The second-order valence-corrected chi connectivity index (χ2v) is 5.60. The summed E-state index contributed by atoms with van der Waals surface area (Å²) in [6, 6.07) is -0.978. The van der Waals surface area contributed by atoms with Crippen molar-refractivity contribution in [2.24, 2.45) is 5.92 Å². The number of carbonyl (C=O) groups excluding carboxylic acids is 1. The molecular weight excluding hydrogens is 276 g/mol. The Morgan fingerprint density at radius 1 is 1.52 bits per heavy atom. The molecule has 0 aliphatic carbocycles. The Balaban J connectivity index is 2.00. The molecule has 1 aliphatic rings. The number of hydrogen-bond acceptors (Lipinski definition) is 6. The molecule has 1 fully saturated rings. The largest absolute Gasteiger partial charge is 0.480 e. The SMILES string of the molecule is CC(C)C[C@H](NC(=O)c1noc(C2CCCN2)n1)C(=O)O. The average Bonchev–Trinajstić information content (AvgIpc) is 3.08. The molecule has 21 heavy (non-hydrogen) atoms. The highest BCUT2D eigenvalue weighted by Gasteiger charge is 2.27. The first-order valence-corrected chi connectivity index (χ1v) is 7.08. The van der Waals surface area contributed by atoms with Crippen LogP contribution < -0.4 is 10.6 Å². The van der Waals surface area contributed by atoms with Gasteiger partial charge >= 0.3 is 5.97 Å². The Kier molecular flexibility index (Phi) is 4.89. The Morgan fingerprint density at radius 2 is 2.29 bits per heavy atom. The summed E-state index contributed by atoms with van der Waals surface area (Å²) in [7, 11) is 0. The van der Waals surface area contributed by atoms with Crippen LogP contribution in [0.25, 0.3) is 0 Å². The standard InChI is InChI=1S/C13H20N4O4/c1-7(2)6-9(13(19)20)15-11(18)10-16-12(21-17-10)8-4-3-5-14-8/h7-9,14H,3-6H2,1-2H3,(H,15,18)(H,19,20)/t8?,9-/m0/s1. The van der Waals surface area contributed by atoms with Gasteiger partial charge in [-0.1, -0.05) is 19.0 Å². The van der Waals surface area contributed by atoms with Gasteiger partial charge in [0.1, 0.15) is 6.04 Å². The molecule has 0 radical (unpaired) electrons. The van der Waals surface area contributed by atoms with E-state index in [0.29, 0.717) is 12.3 Å². The summed E-state index contributed by atoms with van der Waals surface area (Å²) < 4.78 is 5.06. The topological polar surface area (TPSA) is 117 Å². The molecule has 116 valence electrons. The molecule has 0 saturated carbocycles. The Bertz CT molecular complexity index is 508. The van der Waals surface area contributed by atoms with Crippen molar-refractivity contribution in [3.8, 4) is 0 Å². The van der Waals surface area contributed by atoms with Gasteiger partial charge in [-0.05, 0) is 31.7 Å². The third-order valence-electron chi connectivity index (χ3n) is 3.31. The number of carboxylic acids is 1. The smallest absolute Gasteiger partial charge is 0.326 e. The molecule has 1 saturated heterocycles. The molecule has 3 N–H and O–H groups in total. The Hall–Kier alpha value is -1.96. The number of nitrogens with one attached hydrogen (secondary N) is 2. The summed E-state index contributed by atoms with van der Waals surface area (Å²) >= 11 is 0. The molecule has 8 nitrogen and oxygen atoms in total. The molecule has 8 heteroatoms. The normalized spacial score (nSPS) is 19.7. The van der Waals surface area contributed by atoms with Crippen LogP contribution in [0.2, 0.25) is 0 Å². The van der Waals surface area contributed by atoms with E-state index in [1.54, 1.807) is 0 Å². The van der Waals surface area contributed by atoms with Crippen LogP contribution in [-0.4, -0.2) is 39.7 Å². The lowest BCUT2D eigenvalue weighted by molar-refractivity contribution is -0.139. The van der Waals surface area contributed by atoms with Crippen molar-refractivity contribution in [2.45, 2.75) is 45.2 Å². The number of amides is 1. The van der Waals surface area contributed by atoms with Gasteiger partial charge in [0.2, 0.25) is 5.89 Å². The minimum atomic E-state index is -1.07. The highest BCUT2D eigenvalue weighted by atomic mass is 16.5. The molecule has 1 aromatic heterocycles. The Labute approximate surface area is 122 Å². The monoisotopic (exact) mass is 296 g/mol. The van der Waals surface area contributed by atoms with Crippen LogP contribution in [0, 0.1) is 5.92 Å². The van der Waals surface area contributed by atoms with E-state index in [0.717, 1.165) is 19.4 Å². The van der Waals surface area contributed by atoms with E-state index >= 15 is 0 Å². The summed E-state index contributed by atoms with van der Waals surface area (Å²) in [6.07, 6.45) is 2.24. The van der Waals surface area contributed by atoms with Crippen LogP contribution in [0.1, 0.15) is 55.7 Å². The van der Waals surface area contributed by atoms with Gasteiger partial charge in [0, 0.05) is 0 Å². The van der Waals surface area contributed by atoms with Gasteiger partial charge in [-0.15, -0.1) is 0 Å². The van der Waals surface area contributed by atoms with Crippen LogP contribution in [0.4, 0.5) is 0 Å². The van der Waals surface area contributed by atoms with E-state index in [9.17, 15) is 9.59 Å². The molecular formula is C13H20N4O4. The molecule has 2 atom stereocenters. The number of aromatic nitrogens is 2. The van der Waals surface area contributed by atoms with E-state index in [1.165, 1.54) is 0 Å². The van der Waals surface area contributed by atoms with E-state index in [1.807, 2.05) is 13.8 Å². The van der Waals surface area contributed by atoms with Crippen LogP contribution in [0.5, 0.6) is 0 Å². The second kappa shape index (κ2) is 6.66. The summed E-state index contributed by atoms with van der Waals surface area (Å²) in [5.41, 5.74) is 0. The summed E-state index contributed by atoms with van der Waals surface area (Å²) in [4.78, 5) is 27.2. The Morgan fingerprint density at radius 3 is 2.86 bits per heavy atom. The van der Waals surface area contributed by atoms with E-state index in [2.05, 4.69) is 20.8 Å². The molecule has 0 bridgehead atoms. The highest BCUT2D eigenvalue weighted by molar-refractivity contribution is 5.93. The maximum absolute atomic E-state index is 12.0. The van der Waals surface area contributed by atoms with Gasteiger partial charge in [-0.2, -0.15) is 4.98 Å². The first-order valence-electron chi connectivity index (χ1n) is 7.08. The van der Waals surface area contributed by atoms with Crippen LogP contribution in [0.3, 0.4) is 0 Å². The summed E-state index contributed by atoms with van der Waals surface area (Å²) in [5.74, 6) is -1.31. The second-order valence-electron chi connectivity index (χ2n) is 5.60. The van der Waals surface area contributed by atoms with Gasteiger partial charge in [0.25, 0.3) is 11.7 Å². The third-order valence-corrected chi connectivity index (χ3v) is 3.31. The van der Waals surface area contributed by atoms with Crippen molar-refractivity contribution in [1.29, 1.82) is 0 Å². The highest BCUT2D eigenvalue weighted by Crippen LogP contribution is 2.21. The van der Waals surface area contributed by atoms with Crippen LogP contribution >= 0.6 is 0 Å². The van der Waals surface area contributed by atoms with Crippen LogP contribution in [0.15, 0.2) is 4.52 Å². The van der Waals surface area contributed by atoms with Crippen molar-refractivity contribution >= 4 is 11.9 Å². The zero-order valence-corrected chi connectivity index (χ0v) is 12.1. The molecule has 2 heterocycles. The number of hydrogen-bond donors (Lipinski definition) is 3. The summed E-state index contributed by atoms with van der Waals surface area (Å²) in [6.45, 7) is 4.66. The fraction of sp³-hybridized carbons (Fsp3) is 0.692. The number of nitrogens with zero attached hydrogens (tertiary/aromatic N) is 2. The van der Waals surface area contributed by atoms with Crippen LogP contribution in [-0.2, 0) is 4.79 Å². The quantitative estimate of drug-likeness (QED) is 0.708. The van der Waals surface area contributed by atoms with Gasteiger partial charge in [0.05, 0.1) is 6.04 Å².